The zero-order chi connectivity index (χ0) is 17.4. The number of benzene rings is 1. The van der Waals surface area contributed by atoms with Crippen LogP contribution in [0.25, 0.3) is 10.9 Å². The van der Waals surface area contributed by atoms with Crippen LogP contribution in [0.4, 0.5) is 0 Å². The molecule has 1 aliphatic rings. The third-order valence-electron chi connectivity index (χ3n) is 4.67. The van der Waals surface area contributed by atoms with E-state index >= 15 is 0 Å². The number of aryl methyl sites for hydroxylation is 2. The van der Waals surface area contributed by atoms with Gasteiger partial charge in [0.05, 0.1) is 19.5 Å². The number of para-hydroxylation sites is 1. The first kappa shape index (κ1) is 15.7. The predicted octanol–water partition coefficient (Wildman–Crippen LogP) is 2.71. The van der Waals surface area contributed by atoms with Gasteiger partial charge in [-0.25, -0.2) is 4.98 Å². The minimum Gasteiger partial charge on any atom is -0.471 e. The number of aromatic nitrogens is 2. The van der Waals surface area contributed by atoms with Crippen molar-refractivity contribution >= 4 is 16.8 Å². The summed E-state index contributed by atoms with van der Waals surface area (Å²) in [5, 5.41) is 1.15. The highest BCUT2D eigenvalue weighted by molar-refractivity contribution is 5.89. The Balaban J connectivity index is 1.37. The second-order valence-electron chi connectivity index (χ2n) is 6.61. The smallest absolute Gasteiger partial charge is 0.227 e. The molecule has 1 amide bonds. The van der Waals surface area contributed by atoms with Crippen LogP contribution in [0.15, 0.2) is 48.7 Å². The summed E-state index contributed by atoms with van der Waals surface area (Å²) >= 11 is 0. The Labute approximate surface area is 146 Å². The largest absolute Gasteiger partial charge is 0.471 e. The maximum absolute atomic E-state index is 12.5. The molecule has 2 aromatic heterocycles. The average molecular weight is 335 g/mol. The van der Waals surface area contributed by atoms with Crippen LogP contribution in [0.1, 0.15) is 11.3 Å². The predicted molar refractivity (Wildman–Crippen MR) is 96.6 cm³/mol. The SMILES string of the molecule is Cc1cccc(OC2CN(C(=O)Cc3cn(C)c4ccccc34)C2)n1. The fourth-order valence-electron chi connectivity index (χ4n) is 3.31. The van der Waals surface area contributed by atoms with E-state index in [9.17, 15) is 4.79 Å². The Morgan fingerprint density at radius 3 is 2.80 bits per heavy atom. The maximum Gasteiger partial charge on any atom is 0.227 e. The zero-order valence-electron chi connectivity index (χ0n) is 14.5. The number of fused-ring (bicyclic) bond motifs is 1. The highest BCUT2D eigenvalue weighted by Gasteiger charge is 2.32. The molecule has 1 aromatic carbocycles. The van der Waals surface area contributed by atoms with Gasteiger partial charge in [-0.1, -0.05) is 24.3 Å². The molecule has 3 heterocycles. The van der Waals surface area contributed by atoms with Crippen molar-refractivity contribution in [3.63, 3.8) is 0 Å². The lowest BCUT2D eigenvalue weighted by molar-refractivity contribution is -0.139. The van der Waals surface area contributed by atoms with Crippen LogP contribution in [0.3, 0.4) is 0 Å². The third kappa shape index (κ3) is 3.09. The molecule has 1 fully saturated rings. The van der Waals surface area contributed by atoms with Crippen molar-refractivity contribution in [2.75, 3.05) is 13.1 Å². The van der Waals surface area contributed by atoms with Gasteiger partial charge in [0, 0.05) is 35.9 Å². The topological polar surface area (TPSA) is 47.4 Å². The molecule has 1 aliphatic heterocycles. The van der Waals surface area contributed by atoms with Gasteiger partial charge in [-0.05, 0) is 24.6 Å². The second-order valence-corrected chi connectivity index (χ2v) is 6.61. The molecule has 4 rings (SSSR count). The van der Waals surface area contributed by atoms with E-state index in [-0.39, 0.29) is 12.0 Å². The Bertz CT molecular complexity index is 926. The summed E-state index contributed by atoms with van der Waals surface area (Å²) < 4.78 is 7.90. The normalized spacial score (nSPS) is 14.6. The quantitative estimate of drug-likeness (QED) is 0.736. The van der Waals surface area contributed by atoms with Gasteiger partial charge >= 0.3 is 0 Å². The van der Waals surface area contributed by atoms with Crippen LogP contribution in [0, 0.1) is 6.92 Å². The second kappa shape index (κ2) is 6.24. The third-order valence-corrected chi connectivity index (χ3v) is 4.67. The van der Waals surface area contributed by atoms with Crippen LogP contribution in [0.5, 0.6) is 5.88 Å². The van der Waals surface area contributed by atoms with Gasteiger partial charge < -0.3 is 14.2 Å². The van der Waals surface area contributed by atoms with Crippen LogP contribution in [-0.2, 0) is 18.3 Å². The van der Waals surface area contributed by atoms with Crippen molar-refractivity contribution in [1.82, 2.24) is 14.5 Å². The molecule has 0 saturated carbocycles. The van der Waals surface area contributed by atoms with Crippen molar-refractivity contribution in [1.29, 1.82) is 0 Å². The number of carbonyl (C=O) groups excluding carboxylic acids is 1. The maximum atomic E-state index is 12.5. The van der Waals surface area contributed by atoms with Crippen LogP contribution >= 0.6 is 0 Å². The number of nitrogens with zero attached hydrogens (tertiary/aromatic N) is 3. The minimum atomic E-state index is 0.0331. The summed E-state index contributed by atoms with van der Waals surface area (Å²) in [4.78, 5) is 18.7. The number of ether oxygens (including phenoxy) is 1. The molecular weight excluding hydrogens is 314 g/mol. The summed E-state index contributed by atoms with van der Waals surface area (Å²) in [6, 6.07) is 13.9. The first-order valence-electron chi connectivity index (χ1n) is 8.51. The van der Waals surface area contributed by atoms with E-state index in [2.05, 4.69) is 21.7 Å². The van der Waals surface area contributed by atoms with Gasteiger partial charge in [-0.3, -0.25) is 4.79 Å². The molecule has 0 N–H and O–H groups in total. The van der Waals surface area contributed by atoms with Crippen molar-refractivity contribution in [2.24, 2.45) is 7.05 Å². The molecule has 3 aromatic rings. The van der Waals surface area contributed by atoms with E-state index in [4.69, 9.17) is 4.74 Å². The summed E-state index contributed by atoms with van der Waals surface area (Å²) in [5.41, 5.74) is 3.16. The average Bonchev–Trinajstić information content (AvgIpc) is 2.87. The van der Waals surface area contributed by atoms with E-state index < -0.39 is 0 Å². The van der Waals surface area contributed by atoms with Crippen molar-refractivity contribution < 1.29 is 9.53 Å². The summed E-state index contributed by atoms with van der Waals surface area (Å²) in [7, 11) is 2.01. The van der Waals surface area contributed by atoms with Crippen LogP contribution in [-0.4, -0.2) is 39.6 Å². The molecule has 0 bridgehead atoms. The van der Waals surface area contributed by atoms with Gasteiger partial charge in [-0.2, -0.15) is 0 Å². The van der Waals surface area contributed by atoms with Gasteiger partial charge in [0.1, 0.15) is 6.10 Å². The van der Waals surface area contributed by atoms with Gasteiger partial charge in [0.2, 0.25) is 11.8 Å². The fourth-order valence-corrected chi connectivity index (χ4v) is 3.31. The number of amides is 1. The Hall–Kier alpha value is -2.82. The van der Waals surface area contributed by atoms with Crippen LogP contribution < -0.4 is 4.74 Å². The van der Waals surface area contributed by atoms with Gasteiger partial charge in [0.25, 0.3) is 0 Å². The lowest BCUT2D eigenvalue weighted by atomic mass is 10.1. The number of pyridine rings is 1. The van der Waals surface area contributed by atoms with E-state index in [0.29, 0.717) is 25.4 Å². The molecular formula is C20H21N3O2. The van der Waals surface area contributed by atoms with Crippen molar-refractivity contribution in [2.45, 2.75) is 19.4 Å². The van der Waals surface area contributed by atoms with Crippen molar-refractivity contribution in [3.8, 4) is 5.88 Å². The molecule has 5 nitrogen and oxygen atoms in total. The van der Waals surface area contributed by atoms with E-state index in [1.807, 2.05) is 55.4 Å². The van der Waals surface area contributed by atoms with E-state index in [1.165, 1.54) is 0 Å². The van der Waals surface area contributed by atoms with Crippen LogP contribution in [0.2, 0.25) is 0 Å². The standard InChI is InChI=1S/C20H21N3O2/c1-14-6-5-9-19(21-14)25-16-12-23(13-16)20(24)10-15-11-22(2)18-8-4-3-7-17(15)18/h3-9,11,16H,10,12-13H2,1-2H3. The number of hydrogen-bond acceptors (Lipinski definition) is 3. The highest BCUT2D eigenvalue weighted by atomic mass is 16.5. The molecule has 0 aliphatic carbocycles. The Morgan fingerprint density at radius 1 is 1.20 bits per heavy atom. The molecule has 5 heteroatoms. The first-order valence-corrected chi connectivity index (χ1v) is 8.51. The van der Waals surface area contributed by atoms with E-state index in [0.717, 1.165) is 22.2 Å². The fraction of sp³-hybridized carbons (Fsp3) is 0.300. The molecule has 0 unspecified atom stereocenters. The summed E-state index contributed by atoms with van der Waals surface area (Å²) in [6.45, 7) is 3.19. The minimum absolute atomic E-state index is 0.0331. The monoisotopic (exact) mass is 335 g/mol. The van der Waals surface area contributed by atoms with Crippen molar-refractivity contribution in [3.05, 3.63) is 59.9 Å². The molecule has 0 radical (unpaired) electrons. The summed E-state index contributed by atoms with van der Waals surface area (Å²) in [6.07, 6.45) is 2.51. The number of likely N-dealkylation sites (tertiary alicyclic amines) is 1. The molecule has 0 atom stereocenters. The molecule has 1 saturated heterocycles. The van der Waals surface area contributed by atoms with Gasteiger partial charge in [0.15, 0.2) is 0 Å². The Morgan fingerprint density at radius 2 is 2.00 bits per heavy atom. The number of rotatable bonds is 4. The van der Waals surface area contributed by atoms with E-state index in [1.54, 1.807) is 0 Å². The molecule has 25 heavy (non-hydrogen) atoms. The Kier molecular flexibility index (Phi) is 3.92. The van der Waals surface area contributed by atoms with Gasteiger partial charge in [-0.15, -0.1) is 0 Å². The lowest BCUT2D eigenvalue weighted by Crippen LogP contribution is -2.56. The molecule has 128 valence electrons. The number of carbonyl (C=O) groups is 1. The summed E-state index contributed by atoms with van der Waals surface area (Å²) in [5.74, 6) is 0.777. The number of hydrogen-bond donors (Lipinski definition) is 0. The zero-order valence-corrected chi connectivity index (χ0v) is 14.5. The highest BCUT2D eigenvalue weighted by Crippen LogP contribution is 2.23. The molecule has 0 spiro atoms. The lowest BCUT2D eigenvalue weighted by Gasteiger charge is -2.38. The first-order chi connectivity index (χ1) is 12.1.